The third-order valence-electron chi connectivity index (χ3n) is 7.35. The zero-order chi connectivity index (χ0) is 31.1. The van der Waals surface area contributed by atoms with E-state index in [1.54, 1.807) is 23.9 Å². The normalized spacial score (nSPS) is 13.4. The average molecular weight is 650 g/mol. The van der Waals surface area contributed by atoms with Crippen LogP contribution in [0.1, 0.15) is 114 Å². The van der Waals surface area contributed by atoms with Crippen LogP contribution in [0.25, 0.3) is 0 Å². The Morgan fingerprint density at radius 2 is 1.51 bits per heavy atom. The van der Waals surface area contributed by atoms with Crippen molar-refractivity contribution in [3.63, 3.8) is 0 Å². The average Bonchev–Trinajstić information content (AvgIpc) is 3.34. The van der Waals surface area contributed by atoms with E-state index in [4.69, 9.17) is 11.6 Å². The molecule has 0 atom stereocenters. The zero-order valence-electron chi connectivity index (χ0n) is 25.0. The molecule has 0 aromatic heterocycles. The largest absolute Gasteiger partial charge is 0.308 e. The number of amidine groups is 1. The molecule has 2 aromatic rings. The summed E-state index contributed by atoms with van der Waals surface area (Å²) >= 11 is 7.90. The molecular formula is C32H44ClN3O5S2. The van der Waals surface area contributed by atoms with Crippen molar-refractivity contribution in [1.82, 2.24) is 5.32 Å². The Morgan fingerprint density at radius 3 is 2.12 bits per heavy atom. The summed E-state index contributed by atoms with van der Waals surface area (Å²) in [6.45, 7) is 2.26. The monoisotopic (exact) mass is 649 g/mol. The highest BCUT2D eigenvalue weighted by molar-refractivity contribution is 7.99. The zero-order valence-corrected chi connectivity index (χ0v) is 27.4. The van der Waals surface area contributed by atoms with Gasteiger partial charge in [0, 0.05) is 9.92 Å². The van der Waals surface area contributed by atoms with Gasteiger partial charge in [-0.15, -0.1) is 11.8 Å². The molecule has 43 heavy (non-hydrogen) atoms. The number of benzene rings is 2. The first-order valence-electron chi connectivity index (χ1n) is 15.4. The van der Waals surface area contributed by atoms with Gasteiger partial charge in [-0.1, -0.05) is 114 Å². The lowest BCUT2D eigenvalue weighted by atomic mass is 10.0. The summed E-state index contributed by atoms with van der Waals surface area (Å²) in [7, 11) is -4.61. The van der Waals surface area contributed by atoms with E-state index in [1.165, 1.54) is 100 Å². The number of halogens is 1. The number of carbonyl (C=O) groups is 2. The molecular weight excluding hydrogens is 606 g/mol. The Balaban J connectivity index is 1.44. The number of amides is 2. The molecule has 1 heterocycles. The minimum Gasteiger partial charge on any atom is -0.308 e. The second-order valence-electron chi connectivity index (χ2n) is 10.9. The fourth-order valence-corrected chi connectivity index (χ4v) is 6.90. The maximum Gasteiger partial charge on any atom is 0.295 e. The Kier molecular flexibility index (Phi) is 15.0. The van der Waals surface area contributed by atoms with Crippen molar-refractivity contribution < 1.29 is 22.6 Å². The third kappa shape index (κ3) is 11.9. The van der Waals surface area contributed by atoms with E-state index in [2.05, 4.69) is 17.3 Å². The Hall–Kier alpha value is -2.40. The van der Waals surface area contributed by atoms with Crippen LogP contribution < -0.4 is 10.3 Å². The Bertz CT molecular complexity index is 1350. The SMILES string of the molecule is CCCCCCCCCCCCCCCCSc1ccc(Cl)cc1N1N=C(NC(=O)c2ccccc2S(=O)(=O)O)CC1=O. The van der Waals surface area contributed by atoms with Crippen molar-refractivity contribution in [2.75, 3.05) is 10.8 Å². The summed E-state index contributed by atoms with van der Waals surface area (Å²) in [4.78, 5) is 26.0. The third-order valence-corrected chi connectivity index (χ3v) is 9.64. The number of hydrazone groups is 1. The molecule has 0 unspecified atom stereocenters. The fraction of sp³-hybridized carbons (Fsp3) is 0.531. The van der Waals surface area contributed by atoms with E-state index >= 15 is 0 Å². The minimum absolute atomic E-state index is 0.0723. The van der Waals surface area contributed by atoms with Crippen molar-refractivity contribution >= 4 is 56.8 Å². The number of rotatable bonds is 19. The van der Waals surface area contributed by atoms with Gasteiger partial charge in [-0.2, -0.15) is 18.5 Å². The van der Waals surface area contributed by atoms with Gasteiger partial charge < -0.3 is 5.32 Å². The summed E-state index contributed by atoms with van der Waals surface area (Å²) in [6.07, 6.45) is 18.1. The maximum atomic E-state index is 12.9. The molecule has 2 aromatic carbocycles. The van der Waals surface area contributed by atoms with E-state index < -0.39 is 20.9 Å². The number of nitrogens with zero attached hydrogens (tertiary/aromatic N) is 2. The van der Waals surface area contributed by atoms with E-state index in [0.29, 0.717) is 10.7 Å². The van der Waals surface area contributed by atoms with E-state index in [0.717, 1.165) is 29.6 Å². The van der Waals surface area contributed by atoms with Crippen molar-refractivity contribution in [2.24, 2.45) is 5.10 Å². The quantitative estimate of drug-likeness (QED) is 0.0894. The molecule has 8 nitrogen and oxygen atoms in total. The number of hydrogen-bond acceptors (Lipinski definition) is 6. The number of anilines is 1. The Labute approximate surface area is 265 Å². The van der Waals surface area contributed by atoms with Gasteiger partial charge in [-0.25, -0.2) is 0 Å². The molecule has 236 valence electrons. The van der Waals surface area contributed by atoms with Crippen LogP contribution in [-0.4, -0.2) is 36.4 Å². The van der Waals surface area contributed by atoms with Gasteiger partial charge in [0.25, 0.3) is 21.9 Å². The fourth-order valence-electron chi connectivity index (χ4n) is 5.02. The smallest absolute Gasteiger partial charge is 0.295 e. The van der Waals surface area contributed by atoms with E-state index in [-0.39, 0.29) is 23.7 Å². The van der Waals surface area contributed by atoms with E-state index in [1.807, 2.05) is 6.07 Å². The first-order chi connectivity index (χ1) is 20.7. The van der Waals surface area contributed by atoms with Gasteiger partial charge in [-0.05, 0) is 42.5 Å². The summed E-state index contributed by atoms with van der Waals surface area (Å²) < 4.78 is 32.8. The minimum atomic E-state index is -4.61. The number of thioether (sulfide) groups is 1. The molecule has 0 aliphatic carbocycles. The number of nitrogens with one attached hydrogen (secondary N) is 1. The van der Waals surface area contributed by atoms with Crippen molar-refractivity contribution in [2.45, 2.75) is 113 Å². The molecule has 0 fully saturated rings. The summed E-state index contributed by atoms with van der Waals surface area (Å²) in [5, 5.41) is 8.49. The molecule has 1 aliphatic rings. The van der Waals surface area contributed by atoms with Crippen molar-refractivity contribution in [3.8, 4) is 0 Å². The van der Waals surface area contributed by atoms with E-state index in [9.17, 15) is 22.6 Å². The molecule has 0 saturated carbocycles. The molecule has 11 heteroatoms. The molecule has 3 rings (SSSR count). The molecule has 0 saturated heterocycles. The first kappa shape index (κ1) is 35.1. The predicted octanol–water partition coefficient (Wildman–Crippen LogP) is 8.64. The van der Waals surface area contributed by atoms with Crippen LogP contribution in [0.3, 0.4) is 0 Å². The number of unbranched alkanes of at least 4 members (excludes halogenated alkanes) is 13. The summed E-state index contributed by atoms with van der Waals surface area (Å²) in [6, 6.07) is 10.6. The lowest BCUT2D eigenvalue weighted by Gasteiger charge is -2.16. The molecule has 0 radical (unpaired) electrons. The van der Waals surface area contributed by atoms with Gasteiger partial charge in [0.15, 0.2) is 0 Å². The summed E-state index contributed by atoms with van der Waals surface area (Å²) in [5.74, 6) is -0.170. The van der Waals surface area contributed by atoms with Crippen LogP contribution in [-0.2, 0) is 14.9 Å². The highest BCUT2D eigenvalue weighted by atomic mass is 35.5. The highest BCUT2D eigenvalue weighted by Gasteiger charge is 2.29. The van der Waals surface area contributed by atoms with Crippen LogP contribution in [0.4, 0.5) is 5.69 Å². The molecule has 2 N–H and O–H groups in total. The number of carbonyl (C=O) groups excluding carboxylic acids is 2. The topological polar surface area (TPSA) is 116 Å². The van der Waals surface area contributed by atoms with Crippen LogP contribution in [0.2, 0.25) is 5.02 Å². The summed E-state index contributed by atoms with van der Waals surface area (Å²) in [5.41, 5.74) is 0.293. The lowest BCUT2D eigenvalue weighted by Crippen LogP contribution is -2.30. The van der Waals surface area contributed by atoms with Gasteiger partial charge in [-0.3, -0.25) is 14.1 Å². The predicted molar refractivity (Wildman–Crippen MR) is 176 cm³/mol. The van der Waals surface area contributed by atoms with Gasteiger partial charge in [0.05, 0.1) is 17.7 Å². The van der Waals surface area contributed by atoms with Crippen LogP contribution in [0, 0.1) is 0 Å². The second kappa shape index (κ2) is 18.4. The molecule has 2 amide bonds. The maximum absolute atomic E-state index is 12.9. The molecule has 1 aliphatic heterocycles. The Morgan fingerprint density at radius 1 is 0.930 bits per heavy atom. The highest BCUT2D eigenvalue weighted by Crippen LogP contribution is 2.35. The lowest BCUT2D eigenvalue weighted by molar-refractivity contribution is -0.116. The van der Waals surface area contributed by atoms with Crippen LogP contribution in [0.5, 0.6) is 0 Å². The van der Waals surface area contributed by atoms with Crippen LogP contribution >= 0.6 is 23.4 Å². The first-order valence-corrected chi connectivity index (χ1v) is 18.2. The van der Waals surface area contributed by atoms with Crippen LogP contribution in [0.15, 0.2) is 57.4 Å². The molecule has 0 spiro atoms. The second-order valence-corrected chi connectivity index (χ2v) is 13.9. The molecule has 0 bridgehead atoms. The van der Waals surface area contributed by atoms with Crippen molar-refractivity contribution in [1.29, 1.82) is 0 Å². The van der Waals surface area contributed by atoms with Gasteiger partial charge in [0.2, 0.25) is 0 Å². The van der Waals surface area contributed by atoms with Crippen molar-refractivity contribution in [3.05, 3.63) is 53.1 Å². The number of hydrogen-bond donors (Lipinski definition) is 2. The standard InChI is InChI=1S/C32H44ClN3O5S2/c1-2-3-4-5-6-7-8-9-10-11-12-13-14-17-22-42-28-21-20-25(33)23-27(28)36-31(37)24-30(35-36)34-32(38)26-18-15-16-19-29(26)43(39,40)41/h15-16,18-21,23H,2-14,17,22,24H2,1H3,(H,34,35,38)(H,39,40,41). The van der Waals surface area contributed by atoms with Gasteiger partial charge >= 0.3 is 0 Å². The van der Waals surface area contributed by atoms with Gasteiger partial charge in [0.1, 0.15) is 10.7 Å².